The van der Waals surface area contributed by atoms with Gasteiger partial charge in [-0.2, -0.15) is 20.1 Å². The van der Waals surface area contributed by atoms with Crippen molar-refractivity contribution < 1.29 is 4.74 Å². The van der Waals surface area contributed by atoms with Crippen LogP contribution in [0.2, 0.25) is 0 Å². The summed E-state index contributed by atoms with van der Waals surface area (Å²) in [6.45, 7) is 2.96. The molecule has 0 saturated carbocycles. The monoisotopic (exact) mass is 309 g/mol. The lowest BCUT2D eigenvalue weighted by atomic mass is 10.1. The highest BCUT2D eigenvalue weighted by Gasteiger charge is 2.18. The zero-order valence-corrected chi connectivity index (χ0v) is 12.4. The minimum atomic E-state index is 0.324. The fraction of sp³-hybridized carbons (Fsp3) is 0.333. The topological polar surface area (TPSA) is 95.7 Å². The summed E-state index contributed by atoms with van der Waals surface area (Å²) in [4.78, 5) is 6.95. The Morgan fingerprint density at radius 1 is 1.35 bits per heavy atom. The fourth-order valence-electron chi connectivity index (χ4n) is 2.78. The molecule has 0 bridgehead atoms. The Hall–Kier alpha value is -2.92. The van der Waals surface area contributed by atoms with Crippen molar-refractivity contribution in [3.05, 3.63) is 30.1 Å². The summed E-state index contributed by atoms with van der Waals surface area (Å²) in [5.41, 5.74) is 1.66. The number of anilines is 1. The molecular formula is C15H15N7O. The number of fused-ring (bicyclic) bond motifs is 1. The number of ether oxygens (including phenoxy) is 1. The number of pyridine rings is 1. The predicted octanol–water partition coefficient (Wildman–Crippen LogP) is 1.05. The largest absolute Gasteiger partial charge is 0.378 e. The van der Waals surface area contributed by atoms with Crippen molar-refractivity contribution in [1.82, 2.24) is 25.0 Å². The van der Waals surface area contributed by atoms with Crippen LogP contribution in [0.3, 0.4) is 0 Å². The van der Waals surface area contributed by atoms with Crippen molar-refractivity contribution in [2.75, 3.05) is 31.2 Å². The maximum Gasteiger partial charge on any atom is 0.167 e. The molecular weight excluding hydrogens is 294 g/mol. The zero-order chi connectivity index (χ0) is 15.6. The highest BCUT2D eigenvalue weighted by Crippen LogP contribution is 2.25. The van der Waals surface area contributed by atoms with Crippen molar-refractivity contribution in [3.8, 4) is 11.9 Å². The molecule has 1 aliphatic rings. The van der Waals surface area contributed by atoms with Gasteiger partial charge in [0.2, 0.25) is 0 Å². The SMILES string of the molecule is N#CCc1cc(N2CCOCC2)nc2c1cnn2-c1ccn[nH]1. The summed E-state index contributed by atoms with van der Waals surface area (Å²) in [7, 11) is 0. The van der Waals surface area contributed by atoms with Crippen LogP contribution in [-0.2, 0) is 11.2 Å². The number of aromatic nitrogens is 5. The van der Waals surface area contributed by atoms with E-state index in [1.807, 2.05) is 12.1 Å². The third-order valence-corrected chi connectivity index (χ3v) is 3.93. The lowest BCUT2D eigenvalue weighted by Crippen LogP contribution is -2.36. The first-order valence-corrected chi connectivity index (χ1v) is 7.44. The first kappa shape index (κ1) is 13.7. The Labute approximate surface area is 132 Å². The van der Waals surface area contributed by atoms with E-state index in [1.54, 1.807) is 17.1 Å². The molecule has 0 radical (unpaired) electrons. The molecule has 4 rings (SSSR count). The molecule has 0 spiro atoms. The number of H-pyrrole nitrogens is 1. The Morgan fingerprint density at radius 3 is 2.96 bits per heavy atom. The molecule has 3 aromatic rings. The van der Waals surface area contributed by atoms with Gasteiger partial charge < -0.3 is 9.64 Å². The molecule has 4 heterocycles. The van der Waals surface area contributed by atoms with E-state index in [-0.39, 0.29) is 0 Å². The van der Waals surface area contributed by atoms with Crippen molar-refractivity contribution in [1.29, 1.82) is 5.26 Å². The lowest BCUT2D eigenvalue weighted by molar-refractivity contribution is 0.122. The van der Waals surface area contributed by atoms with Gasteiger partial charge in [-0.15, -0.1) is 0 Å². The maximum atomic E-state index is 9.12. The van der Waals surface area contributed by atoms with Crippen LogP contribution in [-0.4, -0.2) is 51.3 Å². The highest BCUT2D eigenvalue weighted by molar-refractivity contribution is 5.82. The molecule has 23 heavy (non-hydrogen) atoms. The number of hydrogen-bond donors (Lipinski definition) is 1. The maximum absolute atomic E-state index is 9.12. The van der Waals surface area contributed by atoms with Crippen LogP contribution in [0, 0.1) is 11.3 Å². The van der Waals surface area contributed by atoms with E-state index in [2.05, 4.69) is 26.3 Å². The number of nitrogens with zero attached hydrogens (tertiary/aromatic N) is 6. The van der Waals surface area contributed by atoms with E-state index in [0.717, 1.165) is 41.3 Å². The van der Waals surface area contributed by atoms with Crippen LogP contribution in [0.4, 0.5) is 5.82 Å². The standard InChI is InChI=1S/C15H15N7O/c16-3-1-11-9-14(21-5-7-23-8-6-21)19-15-12(11)10-18-22(15)13-2-4-17-20-13/h2,4,9-10H,1,5-8H2,(H,17,20). The highest BCUT2D eigenvalue weighted by atomic mass is 16.5. The van der Waals surface area contributed by atoms with E-state index in [4.69, 9.17) is 15.0 Å². The van der Waals surface area contributed by atoms with Crippen molar-refractivity contribution in [2.24, 2.45) is 0 Å². The second kappa shape index (κ2) is 5.70. The van der Waals surface area contributed by atoms with Gasteiger partial charge in [0.15, 0.2) is 11.5 Å². The molecule has 0 aliphatic carbocycles. The van der Waals surface area contributed by atoms with Crippen LogP contribution in [0.1, 0.15) is 5.56 Å². The van der Waals surface area contributed by atoms with Gasteiger partial charge >= 0.3 is 0 Å². The van der Waals surface area contributed by atoms with Gasteiger partial charge in [0.05, 0.1) is 38.1 Å². The summed E-state index contributed by atoms with van der Waals surface area (Å²) in [6, 6.07) is 6.04. The minimum Gasteiger partial charge on any atom is -0.378 e. The van der Waals surface area contributed by atoms with E-state index in [1.165, 1.54) is 0 Å². The summed E-state index contributed by atoms with van der Waals surface area (Å²) in [5.74, 6) is 1.60. The smallest absolute Gasteiger partial charge is 0.167 e. The first-order valence-electron chi connectivity index (χ1n) is 7.44. The molecule has 1 fully saturated rings. The van der Waals surface area contributed by atoms with Gasteiger partial charge in [-0.25, -0.2) is 4.98 Å². The number of morpholine rings is 1. The molecule has 1 N–H and O–H groups in total. The van der Waals surface area contributed by atoms with E-state index < -0.39 is 0 Å². The number of aromatic amines is 1. The predicted molar refractivity (Wildman–Crippen MR) is 83.4 cm³/mol. The molecule has 116 valence electrons. The van der Waals surface area contributed by atoms with E-state index in [0.29, 0.717) is 19.6 Å². The zero-order valence-electron chi connectivity index (χ0n) is 12.4. The van der Waals surface area contributed by atoms with Crippen molar-refractivity contribution >= 4 is 16.9 Å². The van der Waals surface area contributed by atoms with Gasteiger partial charge in [-0.05, 0) is 11.6 Å². The fourth-order valence-corrected chi connectivity index (χ4v) is 2.78. The van der Waals surface area contributed by atoms with Gasteiger partial charge in [0, 0.05) is 24.5 Å². The number of rotatable bonds is 3. The molecule has 8 heteroatoms. The number of nitrogens with one attached hydrogen (secondary N) is 1. The van der Waals surface area contributed by atoms with Crippen LogP contribution >= 0.6 is 0 Å². The average molecular weight is 309 g/mol. The minimum absolute atomic E-state index is 0.324. The summed E-state index contributed by atoms with van der Waals surface area (Å²) in [6.07, 6.45) is 3.74. The first-order chi connectivity index (χ1) is 11.4. The quantitative estimate of drug-likeness (QED) is 0.777. The molecule has 0 atom stereocenters. The molecule has 1 saturated heterocycles. The Balaban J connectivity index is 1.87. The van der Waals surface area contributed by atoms with Gasteiger partial charge in [-0.1, -0.05) is 0 Å². The molecule has 3 aromatic heterocycles. The van der Waals surface area contributed by atoms with Gasteiger partial charge in [-0.3, -0.25) is 5.10 Å². The van der Waals surface area contributed by atoms with Crippen molar-refractivity contribution in [2.45, 2.75) is 6.42 Å². The second-order valence-corrected chi connectivity index (χ2v) is 5.31. The third kappa shape index (κ3) is 2.41. The summed E-state index contributed by atoms with van der Waals surface area (Å²) >= 11 is 0. The van der Waals surface area contributed by atoms with Gasteiger partial charge in [0.1, 0.15) is 5.82 Å². The Morgan fingerprint density at radius 2 is 2.22 bits per heavy atom. The van der Waals surface area contributed by atoms with Gasteiger partial charge in [0.25, 0.3) is 0 Å². The Kier molecular flexibility index (Phi) is 3.40. The van der Waals surface area contributed by atoms with E-state index in [9.17, 15) is 0 Å². The van der Waals surface area contributed by atoms with Crippen LogP contribution in [0.5, 0.6) is 0 Å². The van der Waals surface area contributed by atoms with Crippen LogP contribution in [0.25, 0.3) is 16.9 Å². The van der Waals surface area contributed by atoms with Crippen LogP contribution < -0.4 is 4.90 Å². The molecule has 0 aromatic carbocycles. The third-order valence-electron chi connectivity index (χ3n) is 3.93. The molecule has 8 nitrogen and oxygen atoms in total. The second-order valence-electron chi connectivity index (χ2n) is 5.31. The summed E-state index contributed by atoms with van der Waals surface area (Å²) in [5, 5.41) is 21.3. The average Bonchev–Trinajstić information content (AvgIpc) is 3.25. The van der Waals surface area contributed by atoms with Crippen LogP contribution in [0.15, 0.2) is 24.5 Å². The molecule has 1 aliphatic heterocycles. The number of hydrogen-bond acceptors (Lipinski definition) is 6. The Bertz CT molecular complexity index is 856. The summed E-state index contributed by atoms with van der Waals surface area (Å²) < 4.78 is 7.12. The number of nitriles is 1. The van der Waals surface area contributed by atoms with E-state index >= 15 is 0 Å². The van der Waals surface area contributed by atoms with Crippen molar-refractivity contribution in [3.63, 3.8) is 0 Å². The molecule has 0 amide bonds. The normalized spacial score (nSPS) is 15.0. The lowest BCUT2D eigenvalue weighted by Gasteiger charge is -2.28. The molecule has 0 unspecified atom stereocenters.